The standard InChI is InChI=1S/C6H5NO4S/c1-4(8)11-12-7-5(9)2-3-6(7)10/h2-3H,1H3. The van der Waals surface area contributed by atoms with Gasteiger partial charge in [0, 0.05) is 19.1 Å². The molecule has 0 aliphatic carbocycles. The van der Waals surface area contributed by atoms with E-state index in [-0.39, 0.29) is 0 Å². The van der Waals surface area contributed by atoms with Gasteiger partial charge in [-0.15, -0.1) is 0 Å². The summed E-state index contributed by atoms with van der Waals surface area (Å²) in [6.07, 6.45) is 2.22. The van der Waals surface area contributed by atoms with Crippen LogP contribution in [0.3, 0.4) is 0 Å². The van der Waals surface area contributed by atoms with E-state index in [2.05, 4.69) is 4.18 Å². The fraction of sp³-hybridized carbons (Fsp3) is 0.167. The van der Waals surface area contributed by atoms with E-state index in [0.29, 0.717) is 12.2 Å². The number of rotatable bonds is 2. The molecular weight excluding hydrogens is 182 g/mol. The predicted octanol–water partition coefficient (Wildman–Crippen LogP) is 0.0377. The van der Waals surface area contributed by atoms with Crippen molar-refractivity contribution in [1.82, 2.24) is 4.31 Å². The average molecular weight is 187 g/mol. The highest BCUT2D eigenvalue weighted by Gasteiger charge is 2.25. The highest BCUT2D eigenvalue weighted by Crippen LogP contribution is 2.17. The number of hydrogen-bond acceptors (Lipinski definition) is 5. The van der Waals surface area contributed by atoms with Gasteiger partial charge in [-0.1, -0.05) is 0 Å². The van der Waals surface area contributed by atoms with Crippen LogP contribution in [-0.2, 0) is 18.6 Å². The second-order valence-corrected chi connectivity index (χ2v) is 2.63. The van der Waals surface area contributed by atoms with Crippen molar-refractivity contribution < 1.29 is 18.6 Å². The molecular formula is C6H5NO4S. The zero-order valence-electron chi connectivity index (χ0n) is 6.14. The van der Waals surface area contributed by atoms with Gasteiger partial charge in [0.05, 0.1) is 0 Å². The second kappa shape index (κ2) is 3.40. The van der Waals surface area contributed by atoms with E-state index in [9.17, 15) is 14.4 Å². The van der Waals surface area contributed by atoms with Crippen LogP contribution in [-0.4, -0.2) is 22.1 Å². The Morgan fingerprint density at radius 1 is 1.42 bits per heavy atom. The van der Waals surface area contributed by atoms with E-state index in [1.165, 1.54) is 6.92 Å². The van der Waals surface area contributed by atoms with Gasteiger partial charge >= 0.3 is 5.97 Å². The van der Waals surface area contributed by atoms with E-state index in [1.54, 1.807) is 0 Å². The smallest absolute Gasteiger partial charge is 0.316 e. The van der Waals surface area contributed by atoms with Gasteiger partial charge in [0.25, 0.3) is 11.8 Å². The van der Waals surface area contributed by atoms with Gasteiger partial charge in [0.1, 0.15) is 0 Å². The van der Waals surface area contributed by atoms with Crippen molar-refractivity contribution in [2.24, 2.45) is 0 Å². The topological polar surface area (TPSA) is 63.7 Å². The fourth-order valence-corrected chi connectivity index (χ4v) is 0.998. The molecule has 0 fully saturated rings. The monoisotopic (exact) mass is 187 g/mol. The van der Waals surface area contributed by atoms with Crippen molar-refractivity contribution >= 4 is 30.0 Å². The molecule has 0 aromatic carbocycles. The quantitative estimate of drug-likeness (QED) is 0.347. The third kappa shape index (κ3) is 1.85. The molecule has 1 aliphatic rings. The maximum absolute atomic E-state index is 10.8. The lowest BCUT2D eigenvalue weighted by molar-refractivity contribution is -0.132. The van der Waals surface area contributed by atoms with Gasteiger partial charge < -0.3 is 4.18 Å². The third-order valence-corrected chi connectivity index (χ3v) is 1.82. The van der Waals surface area contributed by atoms with E-state index in [0.717, 1.165) is 16.5 Å². The molecule has 0 spiro atoms. The molecule has 1 aliphatic heterocycles. The van der Waals surface area contributed by atoms with Gasteiger partial charge in [-0.05, 0) is 0 Å². The normalized spacial score (nSPS) is 15.6. The molecule has 5 nitrogen and oxygen atoms in total. The minimum atomic E-state index is -0.562. The summed E-state index contributed by atoms with van der Waals surface area (Å²) < 4.78 is 5.14. The molecule has 6 heteroatoms. The minimum Gasteiger partial charge on any atom is -0.369 e. The van der Waals surface area contributed by atoms with Gasteiger partial charge in [-0.25, -0.2) is 0 Å². The predicted molar refractivity (Wildman–Crippen MR) is 40.4 cm³/mol. The van der Waals surface area contributed by atoms with Crippen LogP contribution in [0.25, 0.3) is 0 Å². The first kappa shape index (κ1) is 8.79. The maximum atomic E-state index is 10.8. The number of carbonyl (C=O) groups excluding carboxylic acids is 3. The minimum absolute atomic E-state index is 0.431. The summed E-state index contributed by atoms with van der Waals surface area (Å²) >= 11 is 0.431. The molecule has 1 rings (SSSR count). The van der Waals surface area contributed by atoms with Crippen molar-refractivity contribution in [2.45, 2.75) is 6.92 Å². The summed E-state index contributed by atoms with van der Waals surface area (Å²) in [4.78, 5) is 31.9. The molecule has 0 atom stereocenters. The second-order valence-electron chi connectivity index (χ2n) is 1.95. The molecule has 0 bridgehead atoms. The first-order valence-corrected chi connectivity index (χ1v) is 3.72. The van der Waals surface area contributed by atoms with Crippen molar-refractivity contribution in [3.8, 4) is 0 Å². The first-order chi connectivity index (χ1) is 5.61. The molecule has 0 aromatic heterocycles. The number of nitrogens with zero attached hydrogens (tertiary/aromatic N) is 1. The van der Waals surface area contributed by atoms with Crippen LogP contribution >= 0.6 is 12.2 Å². The SMILES string of the molecule is CC(=O)OSN1C(=O)C=CC1=O. The summed E-state index contributed by atoms with van der Waals surface area (Å²) in [5.41, 5.74) is 0. The molecule has 0 saturated heterocycles. The van der Waals surface area contributed by atoms with Crippen LogP contribution in [0.15, 0.2) is 12.2 Å². The first-order valence-electron chi connectivity index (χ1n) is 3.02. The Balaban J connectivity index is 2.48. The number of carbonyl (C=O) groups is 3. The summed E-state index contributed by atoms with van der Waals surface area (Å²) in [6, 6.07) is 0. The van der Waals surface area contributed by atoms with Gasteiger partial charge in [-0.3, -0.25) is 14.4 Å². The zero-order chi connectivity index (χ0) is 9.14. The number of amides is 2. The Bertz CT molecular complexity index is 255. The van der Waals surface area contributed by atoms with E-state index in [1.807, 2.05) is 0 Å². The van der Waals surface area contributed by atoms with Gasteiger partial charge in [-0.2, -0.15) is 4.31 Å². The molecule has 1 heterocycles. The molecule has 0 radical (unpaired) electrons. The summed E-state index contributed by atoms with van der Waals surface area (Å²) in [5.74, 6) is -1.55. The summed E-state index contributed by atoms with van der Waals surface area (Å²) in [5, 5.41) is 0. The van der Waals surface area contributed by atoms with Crippen molar-refractivity contribution in [3.63, 3.8) is 0 Å². The number of hydrogen-bond donors (Lipinski definition) is 0. The maximum Gasteiger partial charge on any atom is 0.316 e. The molecule has 2 amide bonds. The highest BCUT2D eigenvalue weighted by molar-refractivity contribution is 7.93. The lowest BCUT2D eigenvalue weighted by Crippen LogP contribution is -2.23. The average Bonchev–Trinajstić information content (AvgIpc) is 2.28. The van der Waals surface area contributed by atoms with Crippen molar-refractivity contribution in [2.75, 3.05) is 0 Å². The summed E-state index contributed by atoms with van der Waals surface area (Å²) in [7, 11) is 0. The molecule has 0 saturated carbocycles. The lowest BCUT2D eigenvalue weighted by Gasteiger charge is -2.08. The lowest BCUT2D eigenvalue weighted by atomic mass is 10.6. The van der Waals surface area contributed by atoms with E-state index in [4.69, 9.17) is 0 Å². The van der Waals surface area contributed by atoms with E-state index >= 15 is 0 Å². The third-order valence-electron chi connectivity index (χ3n) is 0.998. The fourth-order valence-electron chi connectivity index (χ4n) is 0.550. The zero-order valence-corrected chi connectivity index (χ0v) is 6.96. The molecule has 0 aromatic rings. The Morgan fingerprint density at radius 2 is 1.92 bits per heavy atom. The van der Waals surface area contributed by atoms with Gasteiger partial charge in [0.15, 0.2) is 12.2 Å². The molecule has 12 heavy (non-hydrogen) atoms. The summed E-state index contributed by atoms with van der Waals surface area (Å²) in [6.45, 7) is 1.19. The van der Waals surface area contributed by atoms with Gasteiger partial charge in [0.2, 0.25) is 0 Å². The van der Waals surface area contributed by atoms with Crippen LogP contribution in [0.2, 0.25) is 0 Å². The van der Waals surface area contributed by atoms with Crippen LogP contribution in [0.4, 0.5) is 0 Å². The van der Waals surface area contributed by atoms with Crippen molar-refractivity contribution in [3.05, 3.63) is 12.2 Å². The highest BCUT2D eigenvalue weighted by atomic mass is 32.2. The Labute approximate surface area is 72.7 Å². The van der Waals surface area contributed by atoms with E-state index < -0.39 is 17.8 Å². The molecule has 64 valence electrons. The van der Waals surface area contributed by atoms with Crippen molar-refractivity contribution in [1.29, 1.82) is 0 Å². The largest absolute Gasteiger partial charge is 0.369 e. The Morgan fingerprint density at radius 3 is 2.33 bits per heavy atom. The molecule has 0 unspecified atom stereocenters. The van der Waals surface area contributed by atoms with Crippen LogP contribution in [0.5, 0.6) is 0 Å². The Hall–Kier alpha value is -1.30. The van der Waals surface area contributed by atoms with Crippen LogP contribution in [0, 0.1) is 0 Å². The van der Waals surface area contributed by atoms with Crippen LogP contribution in [0.1, 0.15) is 6.92 Å². The number of imide groups is 1. The van der Waals surface area contributed by atoms with Crippen LogP contribution < -0.4 is 0 Å². The molecule has 0 N–H and O–H groups in total. The Kier molecular flexibility index (Phi) is 2.49.